The van der Waals surface area contributed by atoms with Crippen LogP contribution in [0, 0.1) is 5.82 Å². The van der Waals surface area contributed by atoms with E-state index in [1.54, 1.807) is 18.2 Å². The second-order valence-electron chi connectivity index (χ2n) is 4.28. The molecule has 1 nitrogen and oxygen atoms in total. The van der Waals surface area contributed by atoms with Crippen LogP contribution in [0.5, 0.6) is 0 Å². The van der Waals surface area contributed by atoms with Gasteiger partial charge in [0.25, 0.3) is 0 Å². The Labute approximate surface area is 140 Å². The average molecular weight is 398 g/mol. The fraction of sp³-hybridized carbons (Fsp3) is 0.143. The van der Waals surface area contributed by atoms with Crippen molar-refractivity contribution < 1.29 is 4.39 Å². The first-order chi connectivity index (χ1) is 9.38. The Morgan fingerprint density at radius 2 is 1.65 bits per heavy atom. The molecule has 2 rings (SSSR count). The molecule has 0 radical (unpaired) electrons. The van der Waals surface area contributed by atoms with Crippen molar-refractivity contribution in [3.05, 3.63) is 61.3 Å². The van der Waals surface area contributed by atoms with E-state index in [1.165, 1.54) is 12.1 Å². The first-order valence-electron chi connectivity index (χ1n) is 5.74. The van der Waals surface area contributed by atoms with E-state index in [1.807, 2.05) is 6.92 Å². The molecule has 1 N–H and O–H groups in total. The summed E-state index contributed by atoms with van der Waals surface area (Å²) >= 11 is 21.7. The maximum absolute atomic E-state index is 13.1. The van der Waals surface area contributed by atoms with Crippen molar-refractivity contribution in [2.24, 2.45) is 0 Å². The van der Waals surface area contributed by atoms with Crippen molar-refractivity contribution in [3.63, 3.8) is 0 Å². The molecule has 1 atom stereocenters. The molecule has 20 heavy (non-hydrogen) atoms. The Hall–Kier alpha value is -0.480. The predicted molar refractivity (Wildman–Crippen MR) is 87.6 cm³/mol. The summed E-state index contributed by atoms with van der Waals surface area (Å²) in [6, 6.07) is 7.60. The van der Waals surface area contributed by atoms with Crippen molar-refractivity contribution in [2.75, 3.05) is 5.32 Å². The van der Waals surface area contributed by atoms with Gasteiger partial charge in [0, 0.05) is 9.50 Å². The Kier molecular flexibility index (Phi) is 5.19. The highest BCUT2D eigenvalue weighted by molar-refractivity contribution is 9.10. The summed E-state index contributed by atoms with van der Waals surface area (Å²) in [5.41, 5.74) is 1.38. The lowest BCUT2D eigenvalue weighted by atomic mass is 10.1. The van der Waals surface area contributed by atoms with Gasteiger partial charge in [-0.05, 0) is 36.8 Å². The van der Waals surface area contributed by atoms with Crippen LogP contribution in [0.15, 0.2) is 34.8 Å². The number of nitrogens with one attached hydrogen (secondary N) is 1. The van der Waals surface area contributed by atoms with Crippen LogP contribution < -0.4 is 5.32 Å². The lowest BCUT2D eigenvalue weighted by molar-refractivity contribution is 0.626. The third-order valence-electron chi connectivity index (χ3n) is 2.80. The van der Waals surface area contributed by atoms with Gasteiger partial charge in [0.05, 0.1) is 21.8 Å². The zero-order chi connectivity index (χ0) is 14.9. The van der Waals surface area contributed by atoms with Crippen LogP contribution in [-0.4, -0.2) is 0 Å². The molecule has 0 aliphatic heterocycles. The van der Waals surface area contributed by atoms with Crippen molar-refractivity contribution >= 4 is 56.4 Å². The molecule has 0 spiro atoms. The molecule has 6 heteroatoms. The van der Waals surface area contributed by atoms with E-state index in [0.717, 1.165) is 10.0 Å². The standard InChI is InChI=1S/C14H10BrCl3FN/c1-7(10-3-2-9(19)6-11(10)16)20-14-12(17)4-8(15)5-13(14)18/h2-7,20H,1H3. The van der Waals surface area contributed by atoms with E-state index < -0.39 is 0 Å². The van der Waals surface area contributed by atoms with E-state index in [-0.39, 0.29) is 11.9 Å². The van der Waals surface area contributed by atoms with Crippen molar-refractivity contribution in [1.29, 1.82) is 0 Å². The topological polar surface area (TPSA) is 12.0 Å². The van der Waals surface area contributed by atoms with Crippen LogP contribution in [0.3, 0.4) is 0 Å². The first kappa shape index (κ1) is 15.9. The maximum Gasteiger partial charge on any atom is 0.124 e. The summed E-state index contributed by atoms with van der Waals surface area (Å²) in [5.74, 6) is -0.370. The number of hydrogen-bond acceptors (Lipinski definition) is 1. The molecular formula is C14H10BrCl3FN. The van der Waals surface area contributed by atoms with Crippen LogP contribution in [0.2, 0.25) is 15.1 Å². The molecule has 106 valence electrons. The molecule has 0 aromatic heterocycles. The third kappa shape index (κ3) is 3.59. The molecule has 0 aliphatic rings. The highest BCUT2D eigenvalue weighted by atomic mass is 79.9. The highest BCUT2D eigenvalue weighted by Gasteiger charge is 2.14. The summed E-state index contributed by atoms with van der Waals surface area (Å²) in [6.07, 6.45) is 0. The van der Waals surface area contributed by atoms with E-state index in [0.29, 0.717) is 20.8 Å². The Morgan fingerprint density at radius 1 is 1.05 bits per heavy atom. The van der Waals surface area contributed by atoms with Gasteiger partial charge < -0.3 is 5.32 Å². The molecule has 2 aromatic rings. The van der Waals surface area contributed by atoms with Crippen LogP contribution in [-0.2, 0) is 0 Å². The molecule has 0 saturated carbocycles. The van der Waals surface area contributed by atoms with Crippen molar-refractivity contribution in [1.82, 2.24) is 0 Å². The molecule has 0 aliphatic carbocycles. The fourth-order valence-corrected chi connectivity index (χ4v) is 3.48. The number of rotatable bonds is 3. The predicted octanol–water partition coefficient (Wildman–Crippen LogP) is 6.72. The Balaban J connectivity index is 2.30. The molecule has 0 heterocycles. The quantitative estimate of drug-likeness (QED) is 0.606. The zero-order valence-electron chi connectivity index (χ0n) is 10.4. The lowest BCUT2D eigenvalue weighted by Crippen LogP contribution is -2.08. The second-order valence-corrected chi connectivity index (χ2v) is 6.41. The van der Waals surface area contributed by atoms with Gasteiger partial charge in [-0.1, -0.05) is 56.8 Å². The minimum absolute atomic E-state index is 0.167. The number of hydrogen-bond donors (Lipinski definition) is 1. The molecule has 1 unspecified atom stereocenters. The molecular weight excluding hydrogens is 387 g/mol. The minimum Gasteiger partial charge on any atom is -0.376 e. The smallest absolute Gasteiger partial charge is 0.124 e. The number of anilines is 1. The summed E-state index contributed by atoms with van der Waals surface area (Å²) in [4.78, 5) is 0. The largest absolute Gasteiger partial charge is 0.376 e. The van der Waals surface area contributed by atoms with Gasteiger partial charge in [-0.3, -0.25) is 0 Å². The lowest BCUT2D eigenvalue weighted by Gasteiger charge is -2.19. The SMILES string of the molecule is CC(Nc1c(Cl)cc(Br)cc1Cl)c1ccc(F)cc1Cl. The van der Waals surface area contributed by atoms with E-state index in [2.05, 4.69) is 21.2 Å². The van der Waals surface area contributed by atoms with Gasteiger partial charge in [-0.2, -0.15) is 0 Å². The summed E-state index contributed by atoms with van der Waals surface area (Å²) in [7, 11) is 0. The Bertz CT molecular complexity index is 625. The summed E-state index contributed by atoms with van der Waals surface area (Å²) < 4.78 is 13.9. The summed E-state index contributed by atoms with van der Waals surface area (Å²) in [5, 5.41) is 4.54. The summed E-state index contributed by atoms with van der Waals surface area (Å²) in [6.45, 7) is 1.90. The first-order valence-corrected chi connectivity index (χ1v) is 7.67. The monoisotopic (exact) mass is 395 g/mol. The maximum atomic E-state index is 13.1. The number of benzene rings is 2. The zero-order valence-corrected chi connectivity index (χ0v) is 14.2. The molecule has 0 fully saturated rings. The molecule has 0 amide bonds. The van der Waals surface area contributed by atoms with Crippen LogP contribution in [0.1, 0.15) is 18.5 Å². The van der Waals surface area contributed by atoms with Crippen LogP contribution in [0.25, 0.3) is 0 Å². The van der Waals surface area contributed by atoms with Gasteiger partial charge in [0.1, 0.15) is 5.82 Å². The van der Waals surface area contributed by atoms with Crippen molar-refractivity contribution in [3.8, 4) is 0 Å². The van der Waals surface area contributed by atoms with Crippen LogP contribution >= 0.6 is 50.7 Å². The van der Waals surface area contributed by atoms with Crippen LogP contribution in [0.4, 0.5) is 10.1 Å². The average Bonchev–Trinajstić information content (AvgIpc) is 2.33. The van der Waals surface area contributed by atoms with E-state index in [9.17, 15) is 4.39 Å². The number of halogens is 5. The molecule has 0 saturated heterocycles. The Morgan fingerprint density at radius 3 is 2.20 bits per heavy atom. The molecule has 0 bridgehead atoms. The van der Waals surface area contributed by atoms with Gasteiger partial charge in [-0.15, -0.1) is 0 Å². The molecule has 2 aromatic carbocycles. The van der Waals surface area contributed by atoms with E-state index in [4.69, 9.17) is 34.8 Å². The minimum atomic E-state index is -0.370. The van der Waals surface area contributed by atoms with Gasteiger partial charge in [-0.25, -0.2) is 4.39 Å². The highest BCUT2D eigenvalue weighted by Crippen LogP contribution is 2.36. The van der Waals surface area contributed by atoms with Gasteiger partial charge in [0.15, 0.2) is 0 Å². The normalized spacial score (nSPS) is 12.3. The fourth-order valence-electron chi connectivity index (χ4n) is 1.83. The van der Waals surface area contributed by atoms with Crippen molar-refractivity contribution in [2.45, 2.75) is 13.0 Å². The van der Waals surface area contributed by atoms with Gasteiger partial charge >= 0.3 is 0 Å². The second kappa shape index (κ2) is 6.52. The third-order valence-corrected chi connectivity index (χ3v) is 4.18. The van der Waals surface area contributed by atoms with E-state index >= 15 is 0 Å². The van der Waals surface area contributed by atoms with Gasteiger partial charge in [0.2, 0.25) is 0 Å².